The molecule has 0 radical (unpaired) electrons. The van der Waals surface area contributed by atoms with Crippen molar-refractivity contribution >= 4 is 0 Å². The third-order valence-corrected chi connectivity index (χ3v) is 6.08. The molecule has 0 amide bonds. The smallest absolute Gasteiger partial charge is 0.392 e. The Morgan fingerprint density at radius 1 is 1.00 bits per heavy atom. The molecule has 3 rings (SSSR count). The van der Waals surface area contributed by atoms with Gasteiger partial charge in [-0.2, -0.15) is 26.3 Å². The van der Waals surface area contributed by atoms with Crippen LogP contribution in [0.25, 0.3) is 0 Å². The molecule has 3 aliphatic rings. The average Bonchev–Trinajstić information content (AvgIpc) is 3.08. The normalized spacial score (nSPS) is 38.2. The van der Waals surface area contributed by atoms with Crippen molar-refractivity contribution in [1.82, 2.24) is 0 Å². The van der Waals surface area contributed by atoms with Crippen LogP contribution in [0.5, 0.6) is 0 Å². The number of allylic oxidation sites excluding steroid dienone is 2. The van der Waals surface area contributed by atoms with E-state index in [0.717, 1.165) is 7.11 Å². The van der Waals surface area contributed by atoms with Crippen LogP contribution in [0.4, 0.5) is 26.3 Å². The standard InChI is InChI=1S/C16H20F6O3/c1-24-7-25-14(15(17,18)19,16(20,21)22)11-5-4-10-8-2-3-9(6-8)12(10)13(11)23/h2-3,8-13,23H,4-7H2,1H3. The Balaban J connectivity index is 2.00. The molecular weight excluding hydrogens is 354 g/mol. The van der Waals surface area contributed by atoms with Gasteiger partial charge >= 0.3 is 12.4 Å². The molecule has 3 nitrogen and oxygen atoms in total. The minimum Gasteiger partial charge on any atom is -0.392 e. The van der Waals surface area contributed by atoms with Crippen molar-refractivity contribution < 1.29 is 40.9 Å². The average molecular weight is 374 g/mol. The minimum absolute atomic E-state index is 0.0668. The van der Waals surface area contributed by atoms with Gasteiger partial charge < -0.3 is 14.6 Å². The number of aliphatic hydroxyl groups is 1. The molecule has 0 spiro atoms. The Labute approximate surface area is 141 Å². The van der Waals surface area contributed by atoms with Gasteiger partial charge in [0.05, 0.1) is 6.10 Å². The second kappa shape index (κ2) is 6.13. The molecule has 2 fully saturated rings. The van der Waals surface area contributed by atoms with Gasteiger partial charge in [0.1, 0.15) is 6.79 Å². The molecule has 6 unspecified atom stereocenters. The fourth-order valence-electron chi connectivity index (χ4n) is 5.13. The maximum atomic E-state index is 13.7. The molecule has 0 aromatic heterocycles. The van der Waals surface area contributed by atoms with Crippen molar-refractivity contribution in [3.63, 3.8) is 0 Å². The van der Waals surface area contributed by atoms with E-state index in [4.69, 9.17) is 0 Å². The van der Waals surface area contributed by atoms with E-state index in [1.165, 1.54) is 0 Å². The zero-order chi connectivity index (χ0) is 18.6. The predicted molar refractivity (Wildman–Crippen MR) is 74.2 cm³/mol. The molecule has 9 heteroatoms. The van der Waals surface area contributed by atoms with Crippen LogP contribution < -0.4 is 0 Å². The number of hydrogen-bond acceptors (Lipinski definition) is 3. The Bertz CT molecular complexity index is 515. The second-order valence-electron chi connectivity index (χ2n) is 7.15. The number of fused-ring (bicyclic) bond motifs is 5. The van der Waals surface area contributed by atoms with Crippen LogP contribution in [0.15, 0.2) is 12.2 Å². The van der Waals surface area contributed by atoms with Gasteiger partial charge in [-0.3, -0.25) is 0 Å². The predicted octanol–water partition coefficient (Wildman–Crippen LogP) is 3.68. The largest absolute Gasteiger partial charge is 0.426 e. The molecule has 0 aliphatic heterocycles. The molecule has 1 N–H and O–H groups in total. The van der Waals surface area contributed by atoms with E-state index in [2.05, 4.69) is 9.47 Å². The van der Waals surface area contributed by atoms with Crippen molar-refractivity contribution in [3.05, 3.63) is 12.2 Å². The lowest BCUT2D eigenvalue weighted by atomic mass is 9.63. The molecule has 0 aromatic carbocycles. The van der Waals surface area contributed by atoms with Crippen LogP contribution in [0.3, 0.4) is 0 Å². The summed E-state index contributed by atoms with van der Waals surface area (Å²) >= 11 is 0. The van der Waals surface area contributed by atoms with Gasteiger partial charge in [0.15, 0.2) is 0 Å². The third-order valence-electron chi connectivity index (χ3n) is 6.08. The summed E-state index contributed by atoms with van der Waals surface area (Å²) in [4.78, 5) is 0. The molecule has 0 aromatic rings. The van der Waals surface area contributed by atoms with Gasteiger partial charge in [-0.1, -0.05) is 12.2 Å². The lowest BCUT2D eigenvalue weighted by Crippen LogP contribution is -2.67. The summed E-state index contributed by atoms with van der Waals surface area (Å²) in [6, 6.07) is 0. The molecule has 3 aliphatic carbocycles. The van der Waals surface area contributed by atoms with E-state index in [0.29, 0.717) is 6.42 Å². The van der Waals surface area contributed by atoms with Gasteiger partial charge in [0, 0.05) is 13.0 Å². The molecule has 25 heavy (non-hydrogen) atoms. The van der Waals surface area contributed by atoms with Crippen molar-refractivity contribution in [2.45, 2.75) is 43.3 Å². The van der Waals surface area contributed by atoms with Gasteiger partial charge in [-0.05, 0) is 42.9 Å². The summed E-state index contributed by atoms with van der Waals surface area (Å²) in [5.41, 5.74) is -4.44. The Morgan fingerprint density at radius 3 is 2.16 bits per heavy atom. The first-order valence-electron chi connectivity index (χ1n) is 8.17. The number of ether oxygens (including phenoxy) is 2. The Hall–Kier alpha value is -0.800. The maximum Gasteiger partial charge on any atom is 0.426 e. The van der Waals surface area contributed by atoms with E-state index in [-0.39, 0.29) is 24.2 Å². The van der Waals surface area contributed by atoms with E-state index >= 15 is 0 Å². The lowest BCUT2D eigenvalue weighted by Gasteiger charge is -2.50. The molecule has 144 valence electrons. The van der Waals surface area contributed by atoms with E-state index < -0.39 is 49.1 Å². The van der Waals surface area contributed by atoms with Crippen LogP contribution in [-0.2, 0) is 9.47 Å². The fraction of sp³-hybridized carbons (Fsp3) is 0.875. The second-order valence-corrected chi connectivity index (χ2v) is 7.15. The Kier molecular flexibility index (Phi) is 4.65. The summed E-state index contributed by atoms with van der Waals surface area (Å²) in [5.74, 6) is -2.81. The monoisotopic (exact) mass is 374 g/mol. The first-order chi connectivity index (χ1) is 11.5. The SMILES string of the molecule is COCOC(C1CCC2C3C=CC(C3)C2C1O)(C(F)(F)F)C(F)(F)F. The zero-order valence-electron chi connectivity index (χ0n) is 13.5. The molecule has 0 saturated heterocycles. The summed E-state index contributed by atoms with van der Waals surface area (Å²) in [6.45, 7) is -1.16. The highest BCUT2D eigenvalue weighted by molar-refractivity contribution is 5.18. The molecule has 0 heterocycles. The Morgan fingerprint density at radius 2 is 1.60 bits per heavy atom. The lowest BCUT2D eigenvalue weighted by molar-refractivity contribution is -0.418. The highest BCUT2D eigenvalue weighted by Gasteiger charge is 2.77. The molecule has 2 bridgehead atoms. The summed E-state index contributed by atoms with van der Waals surface area (Å²) < 4.78 is 90.6. The summed E-state index contributed by atoms with van der Waals surface area (Å²) in [7, 11) is 0.950. The van der Waals surface area contributed by atoms with Gasteiger partial charge in [0.25, 0.3) is 5.60 Å². The topological polar surface area (TPSA) is 38.7 Å². The first-order valence-corrected chi connectivity index (χ1v) is 8.17. The van der Waals surface area contributed by atoms with Crippen LogP contribution in [-0.4, -0.2) is 43.1 Å². The molecule has 6 atom stereocenters. The van der Waals surface area contributed by atoms with Crippen LogP contribution >= 0.6 is 0 Å². The van der Waals surface area contributed by atoms with Crippen molar-refractivity contribution in [2.24, 2.45) is 29.6 Å². The highest BCUT2D eigenvalue weighted by atomic mass is 19.4. The number of halogens is 6. The zero-order valence-corrected chi connectivity index (χ0v) is 13.5. The number of alkyl halides is 6. The first kappa shape index (κ1) is 19.0. The van der Waals surface area contributed by atoms with E-state index in [1.807, 2.05) is 6.08 Å². The van der Waals surface area contributed by atoms with Crippen molar-refractivity contribution in [1.29, 1.82) is 0 Å². The van der Waals surface area contributed by atoms with Crippen molar-refractivity contribution in [2.75, 3.05) is 13.9 Å². The summed E-state index contributed by atoms with van der Waals surface area (Å²) in [6.07, 6.45) is -8.94. The van der Waals surface area contributed by atoms with E-state index in [9.17, 15) is 31.4 Å². The van der Waals surface area contributed by atoms with Crippen molar-refractivity contribution in [3.8, 4) is 0 Å². The highest BCUT2D eigenvalue weighted by Crippen LogP contribution is 2.61. The maximum absolute atomic E-state index is 13.7. The van der Waals surface area contributed by atoms with Crippen LogP contribution in [0.2, 0.25) is 0 Å². The minimum atomic E-state index is -5.73. The third kappa shape index (κ3) is 2.70. The fourth-order valence-corrected chi connectivity index (χ4v) is 5.13. The van der Waals surface area contributed by atoms with Gasteiger partial charge in [-0.25, -0.2) is 0 Å². The molecular formula is C16H20F6O3. The van der Waals surface area contributed by atoms with Crippen LogP contribution in [0, 0.1) is 29.6 Å². The molecule has 2 saturated carbocycles. The number of rotatable bonds is 4. The number of aliphatic hydroxyl groups excluding tert-OH is 1. The van der Waals surface area contributed by atoms with Crippen LogP contribution in [0.1, 0.15) is 19.3 Å². The number of hydrogen-bond donors (Lipinski definition) is 1. The van der Waals surface area contributed by atoms with Gasteiger partial charge in [-0.15, -0.1) is 0 Å². The quantitative estimate of drug-likeness (QED) is 0.464. The van der Waals surface area contributed by atoms with E-state index in [1.54, 1.807) is 6.08 Å². The summed E-state index contributed by atoms with van der Waals surface area (Å²) in [5, 5.41) is 10.6. The number of methoxy groups -OCH3 is 1. The van der Waals surface area contributed by atoms with Gasteiger partial charge in [0.2, 0.25) is 0 Å².